The highest BCUT2D eigenvalue weighted by Crippen LogP contribution is 2.29. The molecule has 12 unspecified atom stereocenters. The SMILES string of the molecule is CC(CC(C)OC(=O)c1ccccc1)OC(=O)c1ccccc1.CC(O)C(C)(C)C(C)O.CC(OC(=O)c1ccccc1)C(C)C(C)OC(=O)c1ccccc1.CCC(C(C)OC(=O)c1ccccc1)C(C)OC(=O)c1ccccc1.CCCC(C(C)OC(=O)c1ccccc1)C(C)OC(=O)c1ccccc1.CCCCC(C(C)OC(=O)c1ccccc1)C(C)OC(=O)c1ccccc1. The van der Waals surface area contributed by atoms with E-state index >= 15 is 0 Å². The molecular formula is C112H136O22. The van der Waals surface area contributed by atoms with Gasteiger partial charge in [0, 0.05) is 35.5 Å². The summed E-state index contributed by atoms with van der Waals surface area (Å²) >= 11 is 0. The predicted molar refractivity (Wildman–Crippen MR) is 519 cm³/mol. The molecule has 0 bridgehead atoms. The van der Waals surface area contributed by atoms with Gasteiger partial charge in [-0.2, -0.15) is 0 Å². The molecule has 10 aromatic carbocycles. The summed E-state index contributed by atoms with van der Waals surface area (Å²) in [5.41, 5.74) is 4.74. The van der Waals surface area contributed by atoms with Crippen LogP contribution in [0.5, 0.6) is 0 Å². The van der Waals surface area contributed by atoms with Crippen molar-refractivity contribution in [2.45, 2.75) is 243 Å². The third-order valence-corrected chi connectivity index (χ3v) is 23.0. The zero-order valence-electron chi connectivity index (χ0n) is 80.6. The maximum Gasteiger partial charge on any atom is 0.338 e. The summed E-state index contributed by atoms with van der Waals surface area (Å²) in [5, 5.41) is 18.2. The van der Waals surface area contributed by atoms with E-state index in [1.165, 1.54) is 0 Å². The number of aliphatic hydroxyl groups is 2. The van der Waals surface area contributed by atoms with Crippen molar-refractivity contribution in [1.82, 2.24) is 0 Å². The van der Waals surface area contributed by atoms with E-state index in [0.717, 1.165) is 38.5 Å². The molecule has 2 N–H and O–H groups in total. The fourth-order valence-electron chi connectivity index (χ4n) is 13.7. The molecule has 716 valence electrons. The first-order valence-electron chi connectivity index (χ1n) is 46.0. The van der Waals surface area contributed by atoms with Gasteiger partial charge in [0.15, 0.2) is 0 Å². The van der Waals surface area contributed by atoms with Crippen LogP contribution in [0.1, 0.15) is 273 Å². The van der Waals surface area contributed by atoms with E-state index in [4.69, 9.17) is 57.6 Å². The number of carbonyl (C=O) groups is 10. The average Bonchev–Trinajstić information content (AvgIpc) is 0.851. The summed E-state index contributed by atoms with van der Waals surface area (Å²) in [6.07, 6.45) is 1.16. The number of rotatable bonds is 38. The van der Waals surface area contributed by atoms with E-state index < -0.39 is 12.2 Å². The second kappa shape index (κ2) is 60.1. The van der Waals surface area contributed by atoms with Crippen molar-refractivity contribution in [2.75, 3.05) is 0 Å². The third-order valence-electron chi connectivity index (χ3n) is 23.0. The molecule has 134 heavy (non-hydrogen) atoms. The monoisotopic (exact) mass is 1830 g/mol. The molecule has 0 saturated carbocycles. The lowest BCUT2D eigenvalue weighted by molar-refractivity contribution is -0.0290. The summed E-state index contributed by atoms with van der Waals surface area (Å²) in [6.45, 7) is 33.4. The first-order chi connectivity index (χ1) is 64.0. The van der Waals surface area contributed by atoms with Gasteiger partial charge in [0.05, 0.1) is 67.8 Å². The minimum atomic E-state index is -0.461. The molecular weight excluding hydrogens is 1700 g/mol. The Morgan fingerprint density at radius 3 is 0.552 bits per heavy atom. The number of hydrogen-bond donors (Lipinski definition) is 2. The third kappa shape index (κ3) is 39.7. The molecule has 0 spiro atoms. The lowest BCUT2D eigenvalue weighted by Gasteiger charge is -2.30. The Bertz CT molecular complexity index is 4740. The van der Waals surface area contributed by atoms with Crippen molar-refractivity contribution < 1.29 is 106 Å². The van der Waals surface area contributed by atoms with Gasteiger partial charge in [0.1, 0.15) is 61.0 Å². The minimum Gasteiger partial charge on any atom is -0.459 e. The van der Waals surface area contributed by atoms with Crippen LogP contribution < -0.4 is 0 Å². The molecule has 0 radical (unpaired) electrons. The highest BCUT2D eigenvalue weighted by molar-refractivity contribution is 5.94. The van der Waals surface area contributed by atoms with Crippen LogP contribution in [0.25, 0.3) is 0 Å². The first kappa shape index (κ1) is 111. The lowest BCUT2D eigenvalue weighted by atomic mass is 9.82. The normalized spacial score (nSPS) is 14.3. The van der Waals surface area contributed by atoms with Crippen molar-refractivity contribution in [1.29, 1.82) is 0 Å². The summed E-state index contributed by atoms with van der Waals surface area (Å²) in [7, 11) is 0. The van der Waals surface area contributed by atoms with Crippen LogP contribution in [0.4, 0.5) is 0 Å². The molecule has 10 rings (SSSR count). The lowest BCUT2D eigenvalue weighted by Crippen LogP contribution is -2.36. The van der Waals surface area contributed by atoms with Gasteiger partial charge in [0.2, 0.25) is 0 Å². The van der Waals surface area contributed by atoms with Gasteiger partial charge in [-0.1, -0.05) is 243 Å². The van der Waals surface area contributed by atoms with Crippen LogP contribution in [0.3, 0.4) is 0 Å². The van der Waals surface area contributed by atoms with Crippen molar-refractivity contribution >= 4 is 59.7 Å². The minimum absolute atomic E-state index is 0.0646. The first-order valence-corrected chi connectivity index (χ1v) is 46.0. The molecule has 0 fully saturated rings. The van der Waals surface area contributed by atoms with E-state index in [2.05, 4.69) is 13.8 Å². The van der Waals surface area contributed by atoms with Crippen LogP contribution in [-0.2, 0) is 47.4 Å². The highest BCUT2D eigenvalue weighted by atomic mass is 16.6. The molecule has 0 amide bonds. The van der Waals surface area contributed by atoms with Gasteiger partial charge in [-0.15, -0.1) is 0 Å². The van der Waals surface area contributed by atoms with Gasteiger partial charge in [-0.3, -0.25) is 0 Å². The summed E-state index contributed by atoms with van der Waals surface area (Å²) in [5.74, 6) is -4.02. The molecule has 0 aliphatic carbocycles. The Morgan fingerprint density at radius 1 is 0.231 bits per heavy atom. The highest BCUT2D eigenvalue weighted by Gasteiger charge is 2.34. The second-order valence-electron chi connectivity index (χ2n) is 33.6. The quantitative estimate of drug-likeness (QED) is 0.0268. The topological polar surface area (TPSA) is 303 Å². The number of aliphatic hydroxyl groups excluding tert-OH is 2. The smallest absolute Gasteiger partial charge is 0.338 e. The predicted octanol–water partition coefficient (Wildman–Crippen LogP) is 23.4. The van der Waals surface area contributed by atoms with E-state index in [9.17, 15) is 47.9 Å². The Hall–Kier alpha value is -13.2. The number of ether oxygens (including phenoxy) is 10. The fraction of sp³-hybridized carbons (Fsp3) is 0.375. The van der Waals surface area contributed by atoms with Gasteiger partial charge in [0.25, 0.3) is 0 Å². The molecule has 0 aliphatic rings. The molecule has 22 heteroatoms. The molecule has 0 aromatic heterocycles. The van der Waals surface area contributed by atoms with E-state index in [0.29, 0.717) is 62.1 Å². The van der Waals surface area contributed by atoms with Crippen molar-refractivity contribution in [3.8, 4) is 0 Å². The van der Waals surface area contributed by atoms with Gasteiger partial charge < -0.3 is 57.6 Å². The number of carbonyl (C=O) groups excluding carboxylic acids is 10. The van der Waals surface area contributed by atoms with E-state index in [1.807, 2.05) is 130 Å². The molecule has 0 heterocycles. The molecule has 12 atom stereocenters. The van der Waals surface area contributed by atoms with Crippen LogP contribution in [0.15, 0.2) is 303 Å². The van der Waals surface area contributed by atoms with E-state index in [-0.39, 0.29) is 150 Å². The van der Waals surface area contributed by atoms with Gasteiger partial charge in [-0.05, 0) is 224 Å². The Balaban J connectivity index is 0.000000289. The van der Waals surface area contributed by atoms with Crippen LogP contribution in [-0.4, -0.2) is 143 Å². The molecule has 10 aromatic rings. The van der Waals surface area contributed by atoms with Crippen LogP contribution in [0.2, 0.25) is 0 Å². The largest absolute Gasteiger partial charge is 0.459 e. The molecule has 0 saturated heterocycles. The zero-order valence-corrected chi connectivity index (χ0v) is 80.6. The van der Waals surface area contributed by atoms with Crippen molar-refractivity contribution in [2.24, 2.45) is 29.1 Å². The van der Waals surface area contributed by atoms with Crippen molar-refractivity contribution in [3.63, 3.8) is 0 Å². The van der Waals surface area contributed by atoms with E-state index in [1.54, 1.807) is 284 Å². The van der Waals surface area contributed by atoms with Crippen LogP contribution in [0, 0.1) is 29.1 Å². The maximum absolute atomic E-state index is 12.4. The fourth-order valence-corrected chi connectivity index (χ4v) is 13.7. The summed E-state index contributed by atoms with van der Waals surface area (Å²) < 4.78 is 55.4. The average molecular weight is 1830 g/mol. The number of hydrogen-bond acceptors (Lipinski definition) is 22. The summed E-state index contributed by atoms with van der Waals surface area (Å²) in [4.78, 5) is 122. The zero-order chi connectivity index (χ0) is 98.7. The Morgan fingerprint density at radius 2 is 0.396 bits per heavy atom. The summed E-state index contributed by atoms with van der Waals surface area (Å²) in [6, 6.07) is 88.7. The van der Waals surface area contributed by atoms with Crippen LogP contribution >= 0.6 is 0 Å². The van der Waals surface area contributed by atoms with Gasteiger partial charge in [-0.25, -0.2) is 47.9 Å². The molecule has 22 nitrogen and oxygen atoms in total. The number of unbranched alkanes of at least 4 members (excludes halogenated alkanes) is 1. The Kier molecular flexibility index (Phi) is 49.9. The second-order valence-corrected chi connectivity index (χ2v) is 33.6. The standard InChI is InChI=1S/C23H28O4.C22H26O4.C21H24O4.C20H22O4.C19H20O4.C7H16O2/c1-4-5-16-21(17(2)26-22(24)19-12-8-6-9-13-19)18(3)27-23(25)20-14-10-7-11-15-20;1-4-11-20(16(2)25-21(23)18-12-7-5-8-13-18)17(3)26-22(24)19-14-9-6-10-15-19;1-4-19(15(2)24-20(22)17-11-7-5-8-12-17)16(3)25-21(23)18-13-9-6-10-14-18;1-14(15(2)23-19(21)17-10-6-4-7-11-17)16(3)24-20(22)18-12-8-5-9-13-18;1-14(22-18(20)16-9-5-3-6-10-16)13-15(2)23-19(21)17-11-7-4-8-12-17;1-5(8)7(3,4)6(2)9/h6-15,17-18,21H,4-5,16H2,1-3H3;5-10,12-17,20H,4,11H2,1-3H3;5-16,19H,4H2,1-3H3;4-16H,1-3H3;3-12,14-15H,13H2,1-2H3;5-6,8-9H,1-4H3. The maximum atomic E-state index is 12.4. The Labute approximate surface area is 791 Å². The van der Waals surface area contributed by atoms with Crippen molar-refractivity contribution in [3.05, 3.63) is 359 Å². The number of benzene rings is 10. The number of esters is 10. The van der Waals surface area contributed by atoms with Gasteiger partial charge >= 0.3 is 59.7 Å². The molecule has 0 aliphatic heterocycles.